The Bertz CT molecular complexity index is 593. The lowest BCUT2D eigenvalue weighted by Crippen LogP contribution is -2.43. The first-order valence-electron chi connectivity index (χ1n) is 7.12. The van der Waals surface area contributed by atoms with Crippen LogP contribution >= 0.6 is 0 Å². The predicted octanol–water partition coefficient (Wildman–Crippen LogP) is 1.73. The van der Waals surface area contributed by atoms with E-state index in [9.17, 15) is 0 Å². The molecule has 0 radical (unpaired) electrons. The van der Waals surface area contributed by atoms with Gasteiger partial charge in [0.1, 0.15) is 0 Å². The van der Waals surface area contributed by atoms with Gasteiger partial charge in [0.25, 0.3) is 0 Å². The molecule has 0 aliphatic carbocycles. The van der Waals surface area contributed by atoms with Crippen molar-refractivity contribution in [2.45, 2.75) is 50.7 Å². The highest BCUT2D eigenvalue weighted by molar-refractivity contribution is 5.44. The maximum atomic E-state index is 4.54. The highest BCUT2D eigenvalue weighted by Crippen LogP contribution is 2.28. The van der Waals surface area contributed by atoms with E-state index in [0.717, 1.165) is 11.6 Å². The SMILES string of the molecule is Cc1ccc2nc(NC3CC4CCC(C3)N4)nn2c1. The third-order valence-corrected chi connectivity index (χ3v) is 4.29. The molecule has 4 heterocycles. The number of rotatable bonds is 2. The molecule has 4 rings (SSSR count). The van der Waals surface area contributed by atoms with Gasteiger partial charge >= 0.3 is 0 Å². The first-order valence-corrected chi connectivity index (χ1v) is 7.12. The third kappa shape index (κ3) is 2.08. The molecule has 0 amide bonds. The minimum atomic E-state index is 0.511. The van der Waals surface area contributed by atoms with Crippen LogP contribution in [0.15, 0.2) is 18.3 Å². The minimum Gasteiger partial charge on any atom is -0.350 e. The summed E-state index contributed by atoms with van der Waals surface area (Å²) in [5.74, 6) is 0.761. The summed E-state index contributed by atoms with van der Waals surface area (Å²) in [5, 5.41) is 11.7. The van der Waals surface area contributed by atoms with Gasteiger partial charge in [-0.2, -0.15) is 4.98 Å². The fourth-order valence-corrected chi connectivity index (χ4v) is 3.40. The first-order chi connectivity index (χ1) is 9.26. The van der Waals surface area contributed by atoms with Gasteiger partial charge in [-0.15, -0.1) is 5.10 Å². The van der Waals surface area contributed by atoms with Crippen molar-refractivity contribution >= 4 is 11.6 Å². The van der Waals surface area contributed by atoms with Crippen molar-refractivity contribution in [3.8, 4) is 0 Å². The molecule has 2 aromatic heterocycles. The maximum absolute atomic E-state index is 4.54. The van der Waals surface area contributed by atoms with Crippen molar-refractivity contribution in [1.29, 1.82) is 0 Å². The van der Waals surface area contributed by atoms with Gasteiger partial charge in [-0.3, -0.25) is 0 Å². The summed E-state index contributed by atoms with van der Waals surface area (Å²) in [4.78, 5) is 4.54. The summed E-state index contributed by atoms with van der Waals surface area (Å²) < 4.78 is 1.85. The van der Waals surface area contributed by atoms with E-state index in [1.807, 2.05) is 16.8 Å². The van der Waals surface area contributed by atoms with Crippen LogP contribution in [0.25, 0.3) is 5.65 Å². The summed E-state index contributed by atoms with van der Waals surface area (Å²) in [5.41, 5.74) is 2.11. The van der Waals surface area contributed by atoms with Gasteiger partial charge in [-0.1, -0.05) is 6.07 Å². The Labute approximate surface area is 112 Å². The van der Waals surface area contributed by atoms with E-state index in [1.165, 1.54) is 31.2 Å². The number of nitrogens with one attached hydrogen (secondary N) is 2. The molecular formula is C14H19N5. The second-order valence-electron chi connectivity index (χ2n) is 5.90. The number of nitrogens with zero attached hydrogens (tertiary/aromatic N) is 3. The molecule has 2 atom stereocenters. The number of aromatic nitrogens is 3. The van der Waals surface area contributed by atoms with Crippen molar-refractivity contribution in [1.82, 2.24) is 19.9 Å². The number of hydrogen-bond donors (Lipinski definition) is 2. The van der Waals surface area contributed by atoms with Crippen LogP contribution in [0.3, 0.4) is 0 Å². The van der Waals surface area contributed by atoms with Crippen molar-refractivity contribution in [2.75, 3.05) is 5.32 Å². The van der Waals surface area contributed by atoms with Crippen LogP contribution in [0.5, 0.6) is 0 Å². The number of piperidine rings is 1. The minimum absolute atomic E-state index is 0.511. The van der Waals surface area contributed by atoms with Crippen LogP contribution in [-0.4, -0.2) is 32.7 Å². The average Bonchev–Trinajstić information content (AvgIpc) is 2.92. The Hall–Kier alpha value is -1.62. The van der Waals surface area contributed by atoms with Gasteiger partial charge < -0.3 is 10.6 Å². The lowest BCUT2D eigenvalue weighted by atomic mass is 10.0. The number of hydrogen-bond acceptors (Lipinski definition) is 4. The normalized spacial score (nSPS) is 29.8. The molecule has 2 aliphatic heterocycles. The lowest BCUT2D eigenvalue weighted by molar-refractivity contribution is 0.377. The topological polar surface area (TPSA) is 54.2 Å². The van der Waals surface area contributed by atoms with E-state index in [-0.39, 0.29) is 0 Å². The highest BCUT2D eigenvalue weighted by atomic mass is 15.3. The lowest BCUT2D eigenvalue weighted by Gasteiger charge is -2.29. The van der Waals surface area contributed by atoms with Crippen LogP contribution in [0.2, 0.25) is 0 Å². The smallest absolute Gasteiger partial charge is 0.243 e. The number of fused-ring (bicyclic) bond motifs is 3. The Morgan fingerprint density at radius 2 is 2.05 bits per heavy atom. The number of aryl methyl sites for hydroxylation is 1. The maximum Gasteiger partial charge on any atom is 0.243 e. The summed E-state index contributed by atoms with van der Waals surface area (Å²) >= 11 is 0. The van der Waals surface area contributed by atoms with E-state index in [2.05, 4.69) is 33.7 Å². The first kappa shape index (κ1) is 11.2. The zero-order chi connectivity index (χ0) is 12.8. The van der Waals surface area contributed by atoms with Crippen molar-refractivity contribution < 1.29 is 0 Å². The summed E-state index contributed by atoms with van der Waals surface area (Å²) in [7, 11) is 0. The molecule has 5 heteroatoms. The van der Waals surface area contributed by atoms with Crippen molar-refractivity contribution in [3.05, 3.63) is 23.9 Å². The monoisotopic (exact) mass is 257 g/mol. The van der Waals surface area contributed by atoms with Crippen LogP contribution in [0.1, 0.15) is 31.2 Å². The van der Waals surface area contributed by atoms with Gasteiger partial charge in [-0.05, 0) is 44.2 Å². The van der Waals surface area contributed by atoms with Crippen LogP contribution in [0.4, 0.5) is 5.95 Å². The summed E-state index contributed by atoms with van der Waals surface area (Å²) in [6.45, 7) is 2.07. The Kier molecular flexibility index (Phi) is 2.48. The molecule has 0 spiro atoms. The van der Waals surface area contributed by atoms with Crippen LogP contribution in [0, 0.1) is 6.92 Å². The molecule has 2 aliphatic rings. The molecule has 2 fully saturated rings. The number of anilines is 1. The summed E-state index contributed by atoms with van der Waals surface area (Å²) in [6.07, 6.45) is 7.02. The highest BCUT2D eigenvalue weighted by Gasteiger charge is 2.33. The molecule has 19 heavy (non-hydrogen) atoms. The summed E-state index contributed by atoms with van der Waals surface area (Å²) in [6, 6.07) is 5.97. The molecule has 0 aromatic carbocycles. The van der Waals surface area contributed by atoms with E-state index in [4.69, 9.17) is 0 Å². The quantitative estimate of drug-likeness (QED) is 0.860. The fourth-order valence-electron chi connectivity index (χ4n) is 3.40. The van der Waals surface area contributed by atoms with E-state index < -0.39 is 0 Å². The van der Waals surface area contributed by atoms with E-state index in [0.29, 0.717) is 18.1 Å². The zero-order valence-corrected chi connectivity index (χ0v) is 11.1. The Morgan fingerprint density at radius 1 is 1.26 bits per heavy atom. The Morgan fingerprint density at radius 3 is 2.84 bits per heavy atom. The zero-order valence-electron chi connectivity index (χ0n) is 11.1. The van der Waals surface area contributed by atoms with Crippen LogP contribution in [-0.2, 0) is 0 Å². The predicted molar refractivity (Wildman–Crippen MR) is 74.3 cm³/mol. The molecule has 5 nitrogen and oxygen atoms in total. The average molecular weight is 257 g/mol. The van der Waals surface area contributed by atoms with Gasteiger partial charge in [0, 0.05) is 24.3 Å². The van der Waals surface area contributed by atoms with Gasteiger partial charge in [0.2, 0.25) is 5.95 Å². The molecular weight excluding hydrogens is 238 g/mol. The van der Waals surface area contributed by atoms with Gasteiger partial charge in [-0.25, -0.2) is 4.52 Å². The molecule has 0 saturated carbocycles. The largest absolute Gasteiger partial charge is 0.350 e. The second kappa shape index (κ2) is 4.20. The van der Waals surface area contributed by atoms with Gasteiger partial charge in [0.15, 0.2) is 5.65 Å². The Balaban J connectivity index is 1.54. The van der Waals surface area contributed by atoms with Crippen molar-refractivity contribution in [2.24, 2.45) is 0 Å². The molecule has 2 unspecified atom stereocenters. The van der Waals surface area contributed by atoms with Crippen molar-refractivity contribution in [3.63, 3.8) is 0 Å². The fraction of sp³-hybridized carbons (Fsp3) is 0.571. The second-order valence-corrected chi connectivity index (χ2v) is 5.90. The third-order valence-electron chi connectivity index (χ3n) is 4.29. The molecule has 2 saturated heterocycles. The molecule has 2 bridgehead atoms. The molecule has 100 valence electrons. The standard InChI is InChI=1S/C14H19N5/c1-9-2-5-13-17-14(18-19(13)8-9)16-12-6-10-3-4-11(7-12)15-10/h2,5,8,10-12,15H,3-4,6-7H2,1H3,(H,16,18). The van der Waals surface area contributed by atoms with Gasteiger partial charge in [0.05, 0.1) is 0 Å². The number of pyridine rings is 1. The van der Waals surface area contributed by atoms with E-state index >= 15 is 0 Å². The van der Waals surface area contributed by atoms with E-state index in [1.54, 1.807) is 0 Å². The molecule has 2 N–H and O–H groups in total. The molecule has 2 aromatic rings. The van der Waals surface area contributed by atoms with Crippen LogP contribution < -0.4 is 10.6 Å².